The fourth-order valence-electron chi connectivity index (χ4n) is 4.25. The Balaban J connectivity index is 1.35. The number of nitrogens with one attached hydrogen (secondary N) is 2. The molecule has 3 aliphatic rings. The Kier molecular flexibility index (Phi) is 4.80. The van der Waals surface area contributed by atoms with Gasteiger partial charge in [-0.1, -0.05) is 6.42 Å². The van der Waals surface area contributed by atoms with Gasteiger partial charge in [0.05, 0.1) is 12.8 Å². The zero-order valence-electron chi connectivity index (χ0n) is 15.6. The van der Waals surface area contributed by atoms with Crippen LogP contribution < -0.4 is 19.7 Å². The van der Waals surface area contributed by atoms with Crippen LogP contribution in [0.2, 0.25) is 0 Å². The van der Waals surface area contributed by atoms with E-state index in [1.165, 1.54) is 6.42 Å². The lowest BCUT2D eigenvalue weighted by Gasteiger charge is -2.31. The predicted molar refractivity (Wildman–Crippen MR) is 101 cm³/mol. The van der Waals surface area contributed by atoms with Gasteiger partial charge in [0.25, 0.3) is 11.7 Å². The van der Waals surface area contributed by atoms with Crippen LogP contribution in [0.4, 0.5) is 5.69 Å². The number of anilines is 1. The number of sulfone groups is 1. The van der Waals surface area contributed by atoms with Crippen LogP contribution in [0.3, 0.4) is 0 Å². The highest BCUT2D eigenvalue weighted by atomic mass is 32.2. The van der Waals surface area contributed by atoms with Crippen LogP contribution in [0.15, 0.2) is 18.2 Å². The van der Waals surface area contributed by atoms with Crippen molar-refractivity contribution in [2.75, 3.05) is 30.4 Å². The third-order valence-electron chi connectivity index (χ3n) is 5.80. The fraction of sp³-hybridized carbons (Fsp3) is 0.632. The lowest BCUT2D eigenvalue weighted by molar-refractivity contribution is -0.894. The Morgan fingerprint density at radius 3 is 2.67 bits per heavy atom. The molecule has 148 valence electrons. The van der Waals surface area contributed by atoms with Crippen LogP contribution >= 0.6 is 0 Å². The molecule has 1 saturated heterocycles. The van der Waals surface area contributed by atoms with Gasteiger partial charge in [0.15, 0.2) is 27.9 Å². The first-order valence-corrected chi connectivity index (χ1v) is 11.5. The number of fused-ring (bicyclic) bond motifs is 1. The maximum absolute atomic E-state index is 12.4. The molecule has 2 atom stereocenters. The average molecular weight is 396 g/mol. The molecule has 1 amide bonds. The van der Waals surface area contributed by atoms with Crippen molar-refractivity contribution < 1.29 is 27.6 Å². The molecule has 1 aromatic rings. The molecule has 1 spiro atoms. The minimum Gasteiger partial charge on any atom is -0.448 e. The summed E-state index contributed by atoms with van der Waals surface area (Å²) in [6.45, 7) is 0.235. The topological polar surface area (TPSA) is 86.1 Å². The van der Waals surface area contributed by atoms with Crippen molar-refractivity contribution in [2.24, 2.45) is 0 Å². The summed E-state index contributed by atoms with van der Waals surface area (Å²) in [5, 5.41) is 2.89. The highest BCUT2D eigenvalue weighted by Gasteiger charge is 2.42. The van der Waals surface area contributed by atoms with Crippen molar-refractivity contribution in [2.45, 2.75) is 50.4 Å². The number of benzene rings is 1. The summed E-state index contributed by atoms with van der Waals surface area (Å²) in [5.74, 6) is 1.13. The predicted octanol–water partition coefficient (Wildman–Crippen LogP) is 0.758. The van der Waals surface area contributed by atoms with Crippen molar-refractivity contribution >= 4 is 21.4 Å². The van der Waals surface area contributed by atoms with E-state index in [1.54, 1.807) is 0 Å². The molecule has 8 heteroatoms. The standard InChI is InChI=1S/C19H26N2O5S/c1-21(15-7-10-27(23,24)13-15)12-18(22)20-14-5-6-16-17(11-14)26-19(25-16)8-3-2-4-9-19/h5-6,11,15H,2-4,7-10,12-13H2,1H3,(H,20,22)/p+1/t15-/m0/s1. The van der Waals surface area contributed by atoms with Gasteiger partial charge in [-0.15, -0.1) is 0 Å². The molecule has 1 aromatic carbocycles. The van der Waals surface area contributed by atoms with Crippen LogP contribution in [0, 0.1) is 0 Å². The van der Waals surface area contributed by atoms with Gasteiger partial charge in [0.1, 0.15) is 11.8 Å². The van der Waals surface area contributed by atoms with Gasteiger partial charge in [0.2, 0.25) is 0 Å². The number of carbonyl (C=O) groups is 1. The molecular formula is C19H27N2O5S+. The molecular weight excluding hydrogens is 368 g/mol. The summed E-state index contributed by atoms with van der Waals surface area (Å²) in [4.78, 5) is 13.3. The summed E-state index contributed by atoms with van der Waals surface area (Å²) in [7, 11) is -1.07. The second-order valence-corrected chi connectivity index (χ2v) is 10.2. The van der Waals surface area contributed by atoms with E-state index in [1.807, 2.05) is 25.2 Å². The fourth-order valence-corrected chi connectivity index (χ4v) is 6.13. The molecule has 1 unspecified atom stereocenters. The van der Waals surface area contributed by atoms with Crippen molar-refractivity contribution in [1.29, 1.82) is 0 Å². The number of amides is 1. The van der Waals surface area contributed by atoms with E-state index in [0.29, 0.717) is 17.9 Å². The number of quaternary nitrogens is 1. The summed E-state index contributed by atoms with van der Waals surface area (Å²) in [6.07, 6.45) is 5.81. The van der Waals surface area contributed by atoms with Gasteiger partial charge in [-0.25, -0.2) is 8.42 Å². The highest BCUT2D eigenvalue weighted by molar-refractivity contribution is 7.91. The van der Waals surface area contributed by atoms with Crippen LogP contribution in [0.5, 0.6) is 11.5 Å². The molecule has 0 bridgehead atoms. The Bertz CT molecular complexity index is 833. The third-order valence-corrected chi connectivity index (χ3v) is 7.57. The lowest BCUT2D eigenvalue weighted by Crippen LogP contribution is -3.14. The van der Waals surface area contributed by atoms with Gasteiger partial charge in [0, 0.05) is 31.0 Å². The number of hydrogen-bond acceptors (Lipinski definition) is 5. The molecule has 4 rings (SSSR count). The molecule has 7 nitrogen and oxygen atoms in total. The SMILES string of the molecule is C[NH+](CC(=O)Nc1ccc2c(c1)OC1(CCCCC1)O2)[C@H]1CCS(=O)(=O)C1. The second-order valence-electron chi connectivity index (χ2n) is 8.01. The molecule has 2 heterocycles. The van der Waals surface area contributed by atoms with Crippen LogP contribution in [0.25, 0.3) is 0 Å². The molecule has 0 aromatic heterocycles. The van der Waals surface area contributed by atoms with Crippen molar-refractivity contribution in [3.8, 4) is 11.5 Å². The van der Waals surface area contributed by atoms with E-state index in [4.69, 9.17) is 9.47 Å². The van der Waals surface area contributed by atoms with Crippen LogP contribution in [0.1, 0.15) is 38.5 Å². The van der Waals surface area contributed by atoms with Crippen molar-refractivity contribution in [1.82, 2.24) is 0 Å². The first-order valence-electron chi connectivity index (χ1n) is 9.69. The first-order chi connectivity index (χ1) is 12.8. The normalized spacial score (nSPS) is 26.0. The summed E-state index contributed by atoms with van der Waals surface area (Å²) in [6, 6.07) is 5.46. The zero-order valence-corrected chi connectivity index (χ0v) is 16.4. The molecule has 2 fully saturated rings. The molecule has 1 aliphatic carbocycles. The summed E-state index contributed by atoms with van der Waals surface area (Å²) in [5.41, 5.74) is 0.669. The first kappa shape index (κ1) is 18.6. The smallest absolute Gasteiger partial charge is 0.279 e. The van der Waals surface area contributed by atoms with Crippen LogP contribution in [-0.4, -0.2) is 51.3 Å². The van der Waals surface area contributed by atoms with Gasteiger partial charge in [-0.05, 0) is 25.0 Å². The molecule has 0 radical (unpaired) electrons. The molecule has 2 N–H and O–H groups in total. The quantitative estimate of drug-likeness (QED) is 0.786. The Morgan fingerprint density at radius 1 is 1.22 bits per heavy atom. The monoisotopic (exact) mass is 395 g/mol. The Hall–Kier alpha value is -1.80. The summed E-state index contributed by atoms with van der Waals surface area (Å²) < 4.78 is 35.4. The number of ether oxygens (including phenoxy) is 2. The lowest BCUT2D eigenvalue weighted by atomic mass is 9.94. The van der Waals surface area contributed by atoms with Gasteiger partial charge >= 0.3 is 0 Å². The molecule has 27 heavy (non-hydrogen) atoms. The van der Waals surface area contributed by atoms with Crippen LogP contribution in [-0.2, 0) is 14.6 Å². The number of likely N-dealkylation sites (N-methyl/N-ethyl adjacent to an activating group) is 1. The van der Waals surface area contributed by atoms with E-state index < -0.39 is 15.6 Å². The second kappa shape index (κ2) is 6.98. The van der Waals surface area contributed by atoms with Crippen molar-refractivity contribution in [3.63, 3.8) is 0 Å². The van der Waals surface area contributed by atoms with E-state index >= 15 is 0 Å². The minimum absolute atomic E-state index is 0.0105. The van der Waals surface area contributed by atoms with E-state index in [0.717, 1.165) is 36.3 Å². The highest BCUT2D eigenvalue weighted by Crippen LogP contribution is 2.46. The van der Waals surface area contributed by atoms with E-state index in [2.05, 4.69) is 5.32 Å². The Morgan fingerprint density at radius 2 is 1.96 bits per heavy atom. The maximum atomic E-state index is 12.4. The van der Waals surface area contributed by atoms with Crippen molar-refractivity contribution in [3.05, 3.63) is 18.2 Å². The number of hydrogen-bond donors (Lipinski definition) is 2. The molecule has 2 aliphatic heterocycles. The number of rotatable bonds is 4. The Labute approximate surface area is 159 Å². The third kappa shape index (κ3) is 4.06. The van der Waals surface area contributed by atoms with Gasteiger partial charge in [-0.2, -0.15) is 0 Å². The van der Waals surface area contributed by atoms with Gasteiger partial charge in [-0.3, -0.25) is 4.79 Å². The minimum atomic E-state index is -2.94. The maximum Gasteiger partial charge on any atom is 0.279 e. The largest absolute Gasteiger partial charge is 0.448 e. The van der Waals surface area contributed by atoms with E-state index in [-0.39, 0.29) is 30.0 Å². The number of carbonyl (C=O) groups excluding carboxylic acids is 1. The summed E-state index contributed by atoms with van der Waals surface area (Å²) >= 11 is 0. The van der Waals surface area contributed by atoms with E-state index in [9.17, 15) is 13.2 Å². The molecule has 1 saturated carbocycles. The average Bonchev–Trinajstić information content (AvgIpc) is 3.14. The van der Waals surface area contributed by atoms with Gasteiger partial charge < -0.3 is 19.7 Å². The zero-order chi connectivity index (χ0) is 19.1.